The minimum atomic E-state index is -0.366. The van der Waals surface area contributed by atoms with Crippen LogP contribution in [0.15, 0.2) is 54.6 Å². The number of hydrogen-bond acceptors (Lipinski definition) is 4. The van der Waals surface area contributed by atoms with E-state index in [0.717, 1.165) is 11.1 Å². The highest BCUT2D eigenvalue weighted by Crippen LogP contribution is 2.15. The van der Waals surface area contributed by atoms with Gasteiger partial charge < -0.3 is 9.84 Å². The van der Waals surface area contributed by atoms with Gasteiger partial charge in [-0.05, 0) is 36.7 Å². The zero-order valence-electron chi connectivity index (χ0n) is 12.9. The topological polar surface area (TPSA) is 49.8 Å². The number of nitrogens with zero attached hydrogens (tertiary/aromatic N) is 1. The van der Waals surface area contributed by atoms with E-state index in [9.17, 15) is 9.90 Å². The summed E-state index contributed by atoms with van der Waals surface area (Å²) in [6.07, 6.45) is 0.538. The van der Waals surface area contributed by atoms with Gasteiger partial charge >= 0.3 is 5.97 Å². The van der Waals surface area contributed by atoms with Crippen LogP contribution in [0.5, 0.6) is 5.75 Å². The quantitative estimate of drug-likeness (QED) is 0.833. The molecule has 0 aromatic heterocycles. The van der Waals surface area contributed by atoms with Crippen molar-refractivity contribution in [3.8, 4) is 5.75 Å². The zero-order valence-corrected chi connectivity index (χ0v) is 12.9. The molecule has 0 heterocycles. The molecule has 4 nitrogen and oxygen atoms in total. The van der Waals surface area contributed by atoms with Gasteiger partial charge in [-0.3, -0.25) is 9.69 Å². The standard InChI is InChI=1S/C18H21NO3/c1-19(13-15-6-4-3-5-7-15)17(18(21)22-2)12-14-8-10-16(20)11-9-14/h3-11,17,20H,12-13H2,1-2H3. The third-order valence-electron chi connectivity index (χ3n) is 3.65. The van der Waals surface area contributed by atoms with Crippen molar-refractivity contribution in [2.75, 3.05) is 14.2 Å². The number of ether oxygens (including phenoxy) is 1. The van der Waals surface area contributed by atoms with Crippen LogP contribution in [0.2, 0.25) is 0 Å². The van der Waals surface area contributed by atoms with Gasteiger partial charge in [-0.2, -0.15) is 0 Å². The molecule has 0 bridgehead atoms. The molecular weight excluding hydrogens is 278 g/mol. The average Bonchev–Trinajstić information content (AvgIpc) is 2.54. The van der Waals surface area contributed by atoms with E-state index in [2.05, 4.69) is 0 Å². The number of esters is 1. The lowest BCUT2D eigenvalue weighted by molar-refractivity contribution is -0.146. The first kappa shape index (κ1) is 16.0. The molecule has 0 saturated heterocycles. The number of hydrogen-bond donors (Lipinski definition) is 1. The Morgan fingerprint density at radius 2 is 1.73 bits per heavy atom. The SMILES string of the molecule is COC(=O)C(Cc1ccc(O)cc1)N(C)Cc1ccccc1. The van der Waals surface area contributed by atoms with Crippen molar-refractivity contribution in [3.63, 3.8) is 0 Å². The molecule has 1 N–H and O–H groups in total. The fourth-order valence-electron chi connectivity index (χ4n) is 2.39. The van der Waals surface area contributed by atoms with Crippen LogP contribution in [0.3, 0.4) is 0 Å². The molecule has 1 atom stereocenters. The van der Waals surface area contributed by atoms with Crippen molar-refractivity contribution in [1.82, 2.24) is 4.90 Å². The Bertz CT molecular complexity index is 595. The van der Waals surface area contributed by atoms with E-state index in [1.54, 1.807) is 12.1 Å². The summed E-state index contributed by atoms with van der Waals surface area (Å²) in [5, 5.41) is 9.35. The summed E-state index contributed by atoms with van der Waals surface area (Å²) in [6, 6.07) is 16.5. The first-order chi connectivity index (χ1) is 10.6. The fraction of sp³-hybridized carbons (Fsp3) is 0.278. The largest absolute Gasteiger partial charge is 0.508 e. The highest BCUT2D eigenvalue weighted by Gasteiger charge is 2.24. The highest BCUT2D eigenvalue weighted by atomic mass is 16.5. The van der Waals surface area contributed by atoms with Gasteiger partial charge in [0.2, 0.25) is 0 Å². The minimum absolute atomic E-state index is 0.219. The monoisotopic (exact) mass is 299 g/mol. The maximum atomic E-state index is 12.1. The maximum Gasteiger partial charge on any atom is 0.323 e. The fourth-order valence-corrected chi connectivity index (χ4v) is 2.39. The second-order valence-corrected chi connectivity index (χ2v) is 5.31. The van der Waals surface area contributed by atoms with Crippen molar-refractivity contribution < 1.29 is 14.6 Å². The molecule has 0 aliphatic heterocycles. The van der Waals surface area contributed by atoms with Gasteiger partial charge in [0.25, 0.3) is 0 Å². The Balaban J connectivity index is 2.11. The van der Waals surface area contributed by atoms with E-state index in [1.165, 1.54) is 7.11 Å². The number of likely N-dealkylation sites (N-methyl/N-ethyl adjacent to an activating group) is 1. The van der Waals surface area contributed by atoms with Crippen molar-refractivity contribution in [1.29, 1.82) is 0 Å². The number of phenolic OH excluding ortho intramolecular Hbond substituents is 1. The predicted octanol–water partition coefficient (Wildman–Crippen LogP) is 2.61. The number of aromatic hydroxyl groups is 1. The Morgan fingerprint density at radius 3 is 2.32 bits per heavy atom. The third kappa shape index (κ3) is 4.33. The zero-order chi connectivity index (χ0) is 15.9. The predicted molar refractivity (Wildman–Crippen MR) is 85.5 cm³/mol. The van der Waals surface area contributed by atoms with E-state index >= 15 is 0 Å². The van der Waals surface area contributed by atoms with Gasteiger partial charge in [0.1, 0.15) is 11.8 Å². The molecule has 116 valence electrons. The first-order valence-electron chi connectivity index (χ1n) is 7.20. The normalized spacial score (nSPS) is 12.1. The molecule has 22 heavy (non-hydrogen) atoms. The van der Waals surface area contributed by atoms with Crippen LogP contribution < -0.4 is 0 Å². The van der Waals surface area contributed by atoms with E-state index in [4.69, 9.17) is 4.74 Å². The summed E-state index contributed by atoms with van der Waals surface area (Å²) in [5.41, 5.74) is 2.12. The minimum Gasteiger partial charge on any atom is -0.508 e. The van der Waals surface area contributed by atoms with Gasteiger partial charge in [-0.15, -0.1) is 0 Å². The molecule has 2 aromatic rings. The molecule has 2 aromatic carbocycles. The van der Waals surface area contributed by atoms with Crippen molar-refractivity contribution >= 4 is 5.97 Å². The molecule has 2 rings (SSSR count). The molecule has 0 fully saturated rings. The molecule has 0 radical (unpaired) electrons. The van der Waals surface area contributed by atoms with Gasteiger partial charge in [0.15, 0.2) is 0 Å². The molecule has 0 aliphatic rings. The molecule has 0 amide bonds. The van der Waals surface area contributed by atoms with E-state index in [1.807, 2.05) is 54.4 Å². The molecule has 0 aliphatic carbocycles. The Labute approximate surface area is 131 Å². The number of benzene rings is 2. The summed E-state index contributed by atoms with van der Waals surface area (Å²) < 4.78 is 4.94. The van der Waals surface area contributed by atoms with Crippen LogP contribution in [0, 0.1) is 0 Å². The Hall–Kier alpha value is -2.33. The number of carbonyl (C=O) groups excluding carboxylic acids is 1. The summed E-state index contributed by atoms with van der Waals surface area (Å²) in [6.45, 7) is 0.665. The number of phenols is 1. The summed E-state index contributed by atoms with van der Waals surface area (Å²) in [7, 11) is 3.32. The van der Waals surface area contributed by atoms with Crippen LogP contribution >= 0.6 is 0 Å². The number of carbonyl (C=O) groups is 1. The smallest absolute Gasteiger partial charge is 0.323 e. The van der Waals surface area contributed by atoms with Gasteiger partial charge in [0.05, 0.1) is 7.11 Å². The van der Waals surface area contributed by atoms with Crippen LogP contribution in [-0.2, 0) is 22.5 Å². The highest BCUT2D eigenvalue weighted by molar-refractivity contribution is 5.76. The van der Waals surface area contributed by atoms with Crippen LogP contribution in [-0.4, -0.2) is 36.2 Å². The summed E-state index contributed by atoms with van der Waals surface area (Å²) in [4.78, 5) is 14.1. The summed E-state index contributed by atoms with van der Waals surface area (Å²) >= 11 is 0. The molecule has 0 saturated carbocycles. The van der Waals surface area contributed by atoms with Crippen molar-refractivity contribution in [3.05, 3.63) is 65.7 Å². The van der Waals surface area contributed by atoms with E-state index in [0.29, 0.717) is 13.0 Å². The molecule has 1 unspecified atom stereocenters. The third-order valence-corrected chi connectivity index (χ3v) is 3.65. The second-order valence-electron chi connectivity index (χ2n) is 5.31. The van der Waals surface area contributed by atoms with Gasteiger partial charge in [-0.25, -0.2) is 0 Å². The van der Waals surface area contributed by atoms with E-state index in [-0.39, 0.29) is 17.8 Å². The average molecular weight is 299 g/mol. The van der Waals surface area contributed by atoms with E-state index < -0.39 is 0 Å². The van der Waals surface area contributed by atoms with Crippen LogP contribution in [0.25, 0.3) is 0 Å². The lowest BCUT2D eigenvalue weighted by Crippen LogP contribution is -2.40. The Kier molecular flexibility index (Phi) is 5.55. The molecular formula is C18H21NO3. The van der Waals surface area contributed by atoms with Crippen molar-refractivity contribution in [2.45, 2.75) is 19.0 Å². The summed E-state index contributed by atoms with van der Waals surface area (Å²) in [5.74, 6) is -0.0393. The number of methoxy groups -OCH3 is 1. The maximum absolute atomic E-state index is 12.1. The van der Waals surface area contributed by atoms with Gasteiger partial charge in [0, 0.05) is 6.54 Å². The second kappa shape index (κ2) is 7.61. The number of rotatable bonds is 6. The lowest BCUT2D eigenvalue weighted by Gasteiger charge is -2.26. The van der Waals surface area contributed by atoms with Gasteiger partial charge in [-0.1, -0.05) is 42.5 Å². The molecule has 0 spiro atoms. The van der Waals surface area contributed by atoms with Crippen LogP contribution in [0.4, 0.5) is 0 Å². The van der Waals surface area contributed by atoms with Crippen LogP contribution in [0.1, 0.15) is 11.1 Å². The van der Waals surface area contributed by atoms with Crippen molar-refractivity contribution in [2.24, 2.45) is 0 Å². The Morgan fingerprint density at radius 1 is 1.09 bits per heavy atom. The lowest BCUT2D eigenvalue weighted by atomic mass is 10.0. The molecule has 4 heteroatoms. The first-order valence-corrected chi connectivity index (χ1v) is 7.20.